The number of hydrogen-bond donors (Lipinski definition) is 1. The van der Waals surface area contributed by atoms with E-state index >= 15 is 0 Å². The van der Waals surface area contributed by atoms with Crippen LogP contribution in [0.4, 0.5) is 5.69 Å². The van der Waals surface area contributed by atoms with Crippen molar-refractivity contribution in [3.8, 4) is 23.0 Å². The summed E-state index contributed by atoms with van der Waals surface area (Å²) in [6.45, 7) is -0.260. The van der Waals surface area contributed by atoms with Gasteiger partial charge < -0.3 is 29.0 Å². The van der Waals surface area contributed by atoms with Gasteiger partial charge in [0.15, 0.2) is 18.1 Å². The number of anilines is 1. The van der Waals surface area contributed by atoms with Crippen molar-refractivity contribution in [2.24, 2.45) is 0 Å². The van der Waals surface area contributed by atoms with Gasteiger partial charge in [-0.2, -0.15) is 0 Å². The lowest BCUT2D eigenvalue weighted by Crippen LogP contribution is -2.20. The first-order valence-electron chi connectivity index (χ1n) is 10.5. The highest BCUT2D eigenvalue weighted by Gasteiger charge is 2.15. The summed E-state index contributed by atoms with van der Waals surface area (Å²) in [7, 11) is 4.31. The molecule has 182 valence electrons. The maximum atomic E-state index is 12.6. The molecule has 0 spiro atoms. The van der Waals surface area contributed by atoms with E-state index in [1.54, 1.807) is 55.6 Å². The summed E-state index contributed by atoms with van der Waals surface area (Å²) < 4.78 is 26.0. The molecule has 0 aliphatic carbocycles. The quantitative estimate of drug-likeness (QED) is 0.347. The molecule has 0 bridgehead atoms. The second-order valence-corrected chi connectivity index (χ2v) is 7.22. The van der Waals surface area contributed by atoms with Crippen LogP contribution in [0.5, 0.6) is 23.0 Å². The molecule has 9 heteroatoms. The van der Waals surface area contributed by atoms with Gasteiger partial charge in [0.25, 0.3) is 5.91 Å². The number of esters is 2. The zero-order valence-corrected chi connectivity index (χ0v) is 19.5. The Labute approximate surface area is 202 Å². The zero-order valence-electron chi connectivity index (χ0n) is 19.5. The molecule has 0 unspecified atom stereocenters. The molecule has 0 aliphatic rings. The van der Waals surface area contributed by atoms with Crippen molar-refractivity contribution in [3.05, 3.63) is 77.9 Å². The average molecular weight is 479 g/mol. The summed E-state index contributed by atoms with van der Waals surface area (Å²) in [4.78, 5) is 36.1. The highest BCUT2D eigenvalue weighted by atomic mass is 16.5. The molecule has 3 aromatic rings. The van der Waals surface area contributed by atoms with Gasteiger partial charge >= 0.3 is 11.9 Å². The molecule has 0 atom stereocenters. The SMILES string of the molecule is COC(=O)Cc1ccc(OC(=O)c2ccc(OCC(=O)Nc3ccc(OC)cc3)c(OC)c2)cc1. The van der Waals surface area contributed by atoms with Gasteiger partial charge in [-0.15, -0.1) is 0 Å². The smallest absolute Gasteiger partial charge is 0.343 e. The molecular formula is C26H25NO8. The molecule has 1 amide bonds. The first-order chi connectivity index (χ1) is 16.9. The molecule has 0 fully saturated rings. The van der Waals surface area contributed by atoms with Gasteiger partial charge in [0.2, 0.25) is 0 Å². The van der Waals surface area contributed by atoms with E-state index in [0.29, 0.717) is 22.9 Å². The van der Waals surface area contributed by atoms with Crippen molar-refractivity contribution >= 4 is 23.5 Å². The molecular weight excluding hydrogens is 454 g/mol. The molecule has 3 aromatic carbocycles. The van der Waals surface area contributed by atoms with Gasteiger partial charge in [-0.3, -0.25) is 9.59 Å². The van der Waals surface area contributed by atoms with Crippen LogP contribution in [0, 0.1) is 0 Å². The van der Waals surface area contributed by atoms with E-state index in [9.17, 15) is 14.4 Å². The van der Waals surface area contributed by atoms with Crippen molar-refractivity contribution in [1.82, 2.24) is 0 Å². The number of carbonyl (C=O) groups is 3. The predicted octanol–water partition coefficient (Wildman–Crippen LogP) is 3.66. The molecule has 35 heavy (non-hydrogen) atoms. The second-order valence-electron chi connectivity index (χ2n) is 7.22. The summed E-state index contributed by atoms with van der Waals surface area (Å²) in [5.41, 5.74) is 1.56. The van der Waals surface area contributed by atoms with Crippen LogP contribution in [0.25, 0.3) is 0 Å². The maximum absolute atomic E-state index is 12.6. The Morgan fingerprint density at radius 2 is 1.46 bits per heavy atom. The Kier molecular flexibility index (Phi) is 8.66. The van der Waals surface area contributed by atoms with Crippen LogP contribution in [0.3, 0.4) is 0 Å². The Bertz CT molecular complexity index is 1170. The minimum atomic E-state index is -0.604. The van der Waals surface area contributed by atoms with Gasteiger partial charge in [-0.25, -0.2) is 4.79 Å². The Hall–Kier alpha value is -4.53. The number of rotatable bonds is 10. The van der Waals surface area contributed by atoms with Crippen molar-refractivity contribution in [1.29, 1.82) is 0 Å². The minimum Gasteiger partial charge on any atom is -0.497 e. The van der Waals surface area contributed by atoms with E-state index in [-0.39, 0.29) is 36.2 Å². The number of carbonyl (C=O) groups excluding carboxylic acids is 3. The first-order valence-corrected chi connectivity index (χ1v) is 10.5. The van der Waals surface area contributed by atoms with Crippen LogP contribution in [-0.4, -0.2) is 45.8 Å². The lowest BCUT2D eigenvalue weighted by Gasteiger charge is -2.12. The molecule has 0 aromatic heterocycles. The van der Waals surface area contributed by atoms with Crippen LogP contribution in [-0.2, 0) is 20.7 Å². The Morgan fingerprint density at radius 3 is 2.09 bits per heavy atom. The normalized spacial score (nSPS) is 10.1. The monoisotopic (exact) mass is 479 g/mol. The lowest BCUT2D eigenvalue weighted by atomic mass is 10.1. The summed E-state index contributed by atoms with van der Waals surface area (Å²) in [6.07, 6.45) is 0.126. The molecule has 0 saturated heterocycles. The zero-order chi connectivity index (χ0) is 25.2. The van der Waals surface area contributed by atoms with E-state index in [2.05, 4.69) is 10.1 Å². The third-order valence-electron chi connectivity index (χ3n) is 4.84. The fourth-order valence-electron chi connectivity index (χ4n) is 3.01. The molecule has 0 radical (unpaired) electrons. The number of amides is 1. The summed E-state index contributed by atoms with van der Waals surface area (Å²) in [5.74, 6) is 0.231. The molecule has 0 saturated carbocycles. The number of methoxy groups -OCH3 is 3. The van der Waals surface area contributed by atoms with Crippen LogP contribution >= 0.6 is 0 Å². The summed E-state index contributed by atoms with van der Waals surface area (Å²) in [5, 5.41) is 2.72. The number of ether oxygens (including phenoxy) is 5. The average Bonchev–Trinajstić information content (AvgIpc) is 2.88. The van der Waals surface area contributed by atoms with E-state index < -0.39 is 5.97 Å². The fourth-order valence-corrected chi connectivity index (χ4v) is 3.01. The first kappa shape index (κ1) is 25.1. The summed E-state index contributed by atoms with van der Waals surface area (Å²) in [6, 6.07) is 17.9. The predicted molar refractivity (Wildman–Crippen MR) is 127 cm³/mol. The van der Waals surface area contributed by atoms with E-state index in [1.807, 2.05) is 0 Å². The third kappa shape index (κ3) is 7.23. The van der Waals surface area contributed by atoms with E-state index in [4.69, 9.17) is 18.9 Å². The molecule has 1 N–H and O–H groups in total. The number of nitrogens with one attached hydrogen (secondary N) is 1. The van der Waals surface area contributed by atoms with Crippen LogP contribution < -0.4 is 24.3 Å². The fraction of sp³-hybridized carbons (Fsp3) is 0.192. The molecule has 3 rings (SSSR count). The topological polar surface area (TPSA) is 109 Å². The van der Waals surface area contributed by atoms with Crippen LogP contribution in [0.2, 0.25) is 0 Å². The number of benzene rings is 3. The van der Waals surface area contributed by atoms with Crippen molar-refractivity contribution in [3.63, 3.8) is 0 Å². The van der Waals surface area contributed by atoms with Crippen LogP contribution in [0.15, 0.2) is 66.7 Å². The van der Waals surface area contributed by atoms with Gasteiger partial charge in [-0.05, 0) is 60.2 Å². The van der Waals surface area contributed by atoms with Gasteiger partial charge in [0, 0.05) is 5.69 Å². The Balaban J connectivity index is 1.58. The van der Waals surface area contributed by atoms with E-state index in [0.717, 1.165) is 5.56 Å². The minimum absolute atomic E-state index is 0.126. The molecule has 0 heterocycles. The maximum Gasteiger partial charge on any atom is 0.343 e. The van der Waals surface area contributed by atoms with Crippen molar-refractivity contribution < 1.29 is 38.1 Å². The lowest BCUT2D eigenvalue weighted by molar-refractivity contribution is -0.139. The van der Waals surface area contributed by atoms with Crippen molar-refractivity contribution in [2.75, 3.05) is 33.3 Å². The molecule has 0 aliphatic heterocycles. The summed E-state index contributed by atoms with van der Waals surface area (Å²) >= 11 is 0. The van der Waals surface area contributed by atoms with E-state index in [1.165, 1.54) is 32.4 Å². The second kappa shape index (κ2) is 12.1. The molecule has 9 nitrogen and oxygen atoms in total. The Morgan fingerprint density at radius 1 is 0.771 bits per heavy atom. The largest absolute Gasteiger partial charge is 0.497 e. The van der Waals surface area contributed by atoms with Gasteiger partial charge in [-0.1, -0.05) is 12.1 Å². The third-order valence-corrected chi connectivity index (χ3v) is 4.84. The van der Waals surface area contributed by atoms with Gasteiger partial charge in [0.1, 0.15) is 11.5 Å². The van der Waals surface area contributed by atoms with Gasteiger partial charge in [0.05, 0.1) is 33.3 Å². The highest BCUT2D eigenvalue weighted by Crippen LogP contribution is 2.29. The standard InChI is InChI=1S/C26H25NO8/c1-31-20-11-7-19(8-12-20)27-24(28)16-34-22-13-6-18(15-23(22)32-2)26(30)35-21-9-4-17(5-10-21)14-25(29)33-3/h4-13,15H,14,16H2,1-3H3,(H,27,28). The van der Waals surface area contributed by atoms with Crippen LogP contribution in [0.1, 0.15) is 15.9 Å². The highest BCUT2D eigenvalue weighted by molar-refractivity contribution is 5.93. The number of hydrogen-bond acceptors (Lipinski definition) is 8. The van der Waals surface area contributed by atoms with Crippen molar-refractivity contribution in [2.45, 2.75) is 6.42 Å².